The number of carbonyl (C=O) groups is 1. The Morgan fingerprint density at radius 3 is 2.82 bits per heavy atom. The van der Waals surface area contributed by atoms with Gasteiger partial charge in [0.1, 0.15) is 12.0 Å². The van der Waals surface area contributed by atoms with E-state index in [4.69, 9.17) is 15.6 Å². The number of urea groups is 1. The molecule has 0 radical (unpaired) electrons. The van der Waals surface area contributed by atoms with E-state index in [9.17, 15) is 4.79 Å². The van der Waals surface area contributed by atoms with Crippen molar-refractivity contribution < 1.29 is 13.9 Å². The van der Waals surface area contributed by atoms with Gasteiger partial charge in [-0.05, 0) is 24.3 Å². The summed E-state index contributed by atoms with van der Waals surface area (Å²) in [5.41, 5.74) is 1.63. The van der Waals surface area contributed by atoms with Gasteiger partial charge in [0.25, 0.3) is 0 Å². The number of terminal acetylenes is 1. The summed E-state index contributed by atoms with van der Waals surface area (Å²) in [5, 5.41) is 5.20. The van der Waals surface area contributed by atoms with Gasteiger partial charge in [0.2, 0.25) is 5.89 Å². The van der Waals surface area contributed by atoms with E-state index in [1.54, 1.807) is 13.4 Å². The number of benzene rings is 1. The second kappa shape index (κ2) is 7.74. The zero-order chi connectivity index (χ0) is 15.8. The van der Waals surface area contributed by atoms with Crippen LogP contribution in [-0.2, 0) is 6.42 Å². The quantitative estimate of drug-likeness (QED) is 0.798. The SMILES string of the molecule is C#CCNC(=O)NCCc1coc(-c2ccc(OC)cc2)n1. The fourth-order valence-corrected chi connectivity index (χ4v) is 1.79. The van der Waals surface area contributed by atoms with Crippen LogP contribution in [0, 0.1) is 12.3 Å². The first-order valence-corrected chi connectivity index (χ1v) is 6.77. The van der Waals surface area contributed by atoms with Crippen LogP contribution in [0.3, 0.4) is 0 Å². The van der Waals surface area contributed by atoms with Crippen molar-refractivity contribution in [3.05, 3.63) is 36.2 Å². The number of aromatic nitrogens is 1. The minimum atomic E-state index is -0.295. The molecule has 0 aliphatic carbocycles. The fourth-order valence-electron chi connectivity index (χ4n) is 1.79. The molecule has 0 unspecified atom stereocenters. The molecule has 0 saturated heterocycles. The molecular formula is C16H17N3O3. The number of carbonyl (C=O) groups excluding carboxylic acids is 1. The summed E-state index contributed by atoms with van der Waals surface area (Å²) in [6.45, 7) is 0.655. The van der Waals surface area contributed by atoms with E-state index in [2.05, 4.69) is 21.5 Å². The lowest BCUT2D eigenvalue weighted by molar-refractivity contribution is 0.242. The molecule has 1 aromatic carbocycles. The summed E-state index contributed by atoms with van der Waals surface area (Å²) in [5.74, 6) is 3.64. The van der Waals surface area contributed by atoms with E-state index in [1.165, 1.54) is 0 Å². The summed E-state index contributed by atoms with van der Waals surface area (Å²) in [4.78, 5) is 15.7. The summed E-state index contributed by atoms with van der Waals surface area (Å²) < 4.78 is 10.5. The lowest BCUT2D eigenvalue weighted by Crippen LogP contribution is -2.36. The van der Waals surface area contributed by atoms with Crippen molar-refractivity contribution >= 4 is 6.03 Å². The minimum absolute atomic E-state index is 0.206. The molecule has 0 aliphatic rings. The predicted molar refractivity (Wildman–Crippen MR) is 82.4 cm³/mol. The topological polar surface area (TPSA) is 76.4 Å². The average Bonchev–Trinajstić information content (AvgIpc) is 3.02. The van der Waals surface area contributed by atoms with Gasteiger partial charge in [-0.1, -0.05) is 5.92 Å². The molecule has 1 heterocycles. The van der Waals surface area contributed by atoms with Crippen LogP contribution >= 0.6 is 0 Å². The van der Waals surface area contributed by atoms with Crippen LogP contribution in [0.15, 0.2) is 34.9 Å². The van der Waals surface area contributed by atoms with Crippen molar-refractivity contribution in [1.29, 1.82) is 0 Å². The number of nitrogens with one attached hydrogen (secondary N) is 2. The second-order valence-electron chi connectivity index (χ2n) is 4.44. The van der Waals surface area contributed by atoms with Gasteiger partial charge in [-0.25, -0.2) is 9.78 Å². The van der Waals surface area contributed by atoms with Crippen molar-refractivity contribution in [2.24, 2.45) is 0 Å². The number of rotatable bonds is 6. The molecule has 6 heteroatoms. The summed E-state index contributed by atoms with van der Waals surface area (Å²) in [6, 6.07) is 7.14. The van der Waals surface area contributed by atoms with Crippen molar-refractivity contribution in [3.8, 4) is 29.5 Å². The van der Waals surface area contributed by atoms with Gasteiger partial charge in [-0.2, -0.15) is 0 Å². The van der Waals surface area contributed by atoms with Gasteiger partial charge in [-0.15, -0.1) is 6.42 Å². The highest BCUT2D eigenvalue weighted by atomic mass is 16.5. The highest BCUT2D eigenvalue weighted by molar-refractivity contribution is 5.74. The van der Waals surface area contributed by atoms with Gasteiger partial charge in [0.05, 0.1) is 19.3 Å². The fraction of sp³-hybridized carbons (Fsp3) is 0.250. The van der Waals surface area contributed by atoms with E-state index in [-0.39, 0.29) is 12.6 Å². The lowest BCUT2D eigenvalue weighted by atomic mass is 10.2. The normalized spacial score (nSPS) is 9.82. The Hall–Kier alpha value is -2.94. The first-order chi connectivity index (χ1) is 10.7. The van der Waals surface area contributed by atoms with Crippen molar-refractivity contribution in [2.45, 2.75) is 6.42 Å². The molecule has 0 saturated carbocycles. The Labute approximate surface area is 128 Å². The molecule has 6 nitrogen and oxygen atoms in total. The molecule has 1 aromatic heterocycles. The number of nitrogens with zero attached hydrogens (tertiary/aromatic N) is 1. The zero-order valence-corrected chi connectivity index (χ0v) is 12.3. The maximum absolute atomic E-state index is 11.3. The molecule has 0 atom stereocenters. The molecule has 0 aliphatic heterocycles. The molecule has 22 heavy (non-hydrogen) atoms. The Kier molecular flexibility index (Phi) is 5.44. The van der Waals surface area contributed by atoms with E-state index >= 15 is 0 Å². The summed E-state index contributed by atoms with van der Waals surface area (Å²) >= 11 is 0. The van der Waals surface area contributed by atoms with Gasteiger partial charge in [0, 0.05) is 18.5 Å². The van der Waals surface area contributed by atoms with Gasteiger partial charge in [0.15, 0.2) is 0 Å². The number of methoxy groups -OCH3 is 1. The van der Waals surface area contributed by atoms with Crippen molar-refractivity contribution in [2.75, 3.05) is 20.2 Å². The van der Waals surface area contributed by atoms with Gasteiger partial charge < -0.3 is 19.8 Å². The van der Waals surface area contributed by atoms with Crippen LogP contribution in [0.5, 0.6) is 5.75 Å². The Morgan fingerprint density at radius 1 is 1.36 bits per heavy atom. The van der Waals surface area contributed by atoms with Crippen LogP contribution in [-0.4, -0.2) is 31.2 Å². The van der Waals surface area contributed by atoms with Crippen LogP contribution in [0.25, 0.3) is 11.5 Å². The number of amides is 2. The highest BCUT2D eigenvalue weighted by Gasteiger charge is 2.07. The molecule has 2 N–H and O–H groups in total. The van der Waals surface area contributed by atoms with Gasteiger partial charge in [-0.3, -0.25) is 0 Å². The van der Waals surface area contributed by atoms with Crippen LogP contribution < -0.4 is 15.4 Å². The third-order valence-electron chi connectivity index (χ3n) is 2.91. The molecule has 0 bridgehead atoms. The molecule has 2 amide bonds. The first kappa shape index (κ1) is 15.4. The van der Waals surface area contributed by atoms with Crippen LogP contribution in [0.4, 0.5) is 4.79 Å². The molecule has 2 aromatic rings. The third-order valence-corrected chi connectivity index (χ3v) is 2.91. The summed E-state index contributed by atoms with van der Waals surface area (Å²) in [7, 11) is 1.62. The number of oxazole rings is 1. The maximum Gasteiger partial charge on any atom is 0.315 e. The van der Waals surface area contributed by atoms with E-state index < -0.39 is 0 Å². The monoisotopic (exact) mass is 299 g/mol. The van der Waals surface area contributed by atoms with Gasteiger partial charge >= 0.3 is 6.03 Å². The molecule has 0 fully saturated rings. The Bertz CT molecular complexity index is 656. The Morgan fingerprint density at radius 2 is 2.14 bits per heavy atom. The maximum atomic E-state index is 11.3. The van der Waals surface area contributed by atoms with E-state index in [0.29, 0.717) is 18.9 Å². The molecule has 114 valence electrons. The number of hydrogen-bond donors (Lipinski definition) is 2. The highest BCUT2D eigenvalue weighted by Crippen LogP contribution is 2.21. The largest absolute Gasteiger partial charge is 0.497 e. The standard InChI is InChI=1S/C16H17N3O3/c1-3-9-17-16(20)18-10-8-13-11-22-15(19-13)12-4-6-14(21-2)7-5-12/h1,4-7,11H,8-10H2,2H3,(H2,17,18,20). The number of hydrogen-bond acceptors (Lipinski definition) is 4. The zero-order valence-electron chi connectivity index (χ0n) is 12.3. The third kappa shape index (κ3) is 4.28. The first-order valence-electron chi connectivity index (χ1n) is 6.77. The second-order valence-corrected chi connectivity index (χ2v) is 4.44. The Balaban J connectivity index is 1.86. The van der Waals surface area contributed by atoms with Crippen LogP contribution in [0.1, 0.15) is 5.69 Å². The molecule has 2 rings (SSSR count). The number of ether oxygens (including phenoxy) is 1. The lowest BCUT2D eigenvalue weighted by Gasteiger charge is -2.03. The van der Waals surface area contributed by atoms with E-state index in [1.807, 2.05) is 24.3 Å². The van der Waals surface area contributed by atoms with E-state index in [0.717, 1.165) is 17.0 Å². The van der Waals surface area contributed by atoms with Crippen LogP contribution in [0.2, 0.25) is 0 Å². The summed E-state index contributed by atoms with van der Waals surface area (Å²) in [6.07, 6.45) is 7.21. The smallest absolute Gasteiger partial charge is 0.315 e. The average molecular weight is 299 g/mol. The van der Waals surface area contributed by atoms with Crippen molar-refractivity contribution in [3.63, 3.8) is 0 Å². The van der Waals surface area contributed by atoms with Crippen molar-refractivity contribution in [1.82, 2.24) is 15.6 Å². The minimum Gasteiger partial charge on any atom is -0.497 e. The molecular weight excluding hydrogens is 282 g/mol. The molecule has 0 spiro atoms. The predicted octanol–water partition coefficient (Wildman–Crippen LogP) is 1.83.